The first kappa shape index (κ1) is 15.7. The van der Waals surface area contributed by atoms with Crippen LogP contribution in [0.5, 0.6) is 0 Å². The van der Waals surface area contributed by atoms with E-state index in [0.717, 1.165) is 16.7 Å². The van der Waals surface area contributed by atoms with Crippen molar-refractivity contribution in [2.75, 3.05) is 31.1 Å². The fourth-order valence-electron chi connectivity index (χ4n) is 3.18. The monoisotopic (exact) mass is 337 g/mol. The third-order valence-corrected chi connectivity index (χ3v) is 4.47. The summed E-state index contributed by atoms with van der Waals surface area (Å²) in [7, 11) is 0. The van der Waals surface area contributed by atoms with E-state index in [0.29, 0.717) is 31.7 Å². The Labute approximate surface area is 145 Å². The molecule has 0 bridgehead atoms. The first-order chi connectivity index (χ1) is 12.2. The molecule has 0 spiro atoms. The van der Waals surface area contributed by atoms with Gasteiger partial charge < -0.3 is 19.3 Å². The smallest absolute Gasteiger partial charge is 0.257 e. The number of β-amino-alcohol motifs (C(OH)–C–C–N with tert-alkyl or cyclic N) is 1. The summed E-state index contributed by atoms with van der Waals surface area (Å²) in [5.41, 5.74) is 1.43. The average molecular weight is 337 g/mol. The molecule has 1 atom stereocenters. The van der Waals surface area contributed by atoms with Gasteiger partial charge in [0.2, 0.25) is 0 Å². The number of hydrogen-bond acceptors (Lipinski definition) is 5. The second-order valence-electron chi connectivity index (χ2n) is 6.23. The van der Waals surface area contributed by atoms with E-state index in [9.17, 15) is 9.90 Å². The predicted molar refractivity (Wildman–Crippen MR) is 94.6 cm³/mol. The Balaban J connectivity index is 1.54. The number of aliphatic hydroxyl groups is 1. The van der Waals surface area contributed by atoms with Crippen LogP contribution in [0, 0.1) is 0 Å². The Morgan fingerprint density at radius 1 is 1.12 bits per heavy atom. The van der Waals surface area contributed by atoms with Crippen LogP contribution in [0.2, 0.25) is 0 Å². The number of rotatable bonds is 2. The first-order valence-electron chi connectivity index (χ1n) is 8.31. The lowest BCUT2D eigenvalue weighted by Gasteiger charge is -2.23. The maximum Gasteiger partial charge on any atom is 0.257 e. The lowest BCUT2D eigenvalue weighted by molar-refractivity contribution is 0.0673. The van der Waals surface area contributed by atoms with E-state index in [-0.39, 0.29) is 5.91 Å². The number of amides is 1. The number of aliphatic hydroxyl groups excluding tert-OH is 1. The minimum atomic E-state index is -0.633. The zero-order chi connectivity index (χ0) is 17.2. The zero-order valence-electron chi connectivity index (χ0n) is 13.7. The van der Waals surface area contributed by atoms with Gasteiger partial charge in [-0.15, -0.1) is 0 Å². The van der Waals surface area contributed by atoms with E-state index >= 15 is 0 Å². The summed E-state index contributed by atoms with van der Waals surface area (Å²) >= 11 is 0. The van der Waals surface area contributed by atoms with Crippen molar-refractivity contribution in [3.63, 3.8) is 0 Å². The Morgan fingerprint density at radius 3 is 2.84 bits per heavy atom. The Hall–Kier alpha value is -2.86. The second kappa shape index (κ2) is 6.57. The van der Waals surface area contributed by atoms with Gasteiger partial charge in [-0.3, -0.25) is 4.79 Å². The lowest BCUT2D eigenvalue weighted by Crippen LogP contribution is -2.37. The van der Waals surface area contributed by atoms with Crippen LogP contribution in [0.1, 0.15) is 10.4 Å². The highest BCUT2D eigenvalue weighted by atomic mass is 16.3. The molecule has 1 aliphatic heterocycles. The number of benzene rings is 1. The van der Waals surface area contributed by atoms with Crippen LogP contribution in [0.15, 0.2) is 59.4 Å². The molecule has 3 heterocycles. The molecule has 2 aromatic heterocycles. The molecule has 0 aliphatic carbocycles. The molecule has 4 rings (SSSR count). The summed E-state index contributed by atoms with van der Waals surface area (Å²) < 4.78 is 4.99. The summed E-state index contributed by atoms with van der Waals surface area (Å²) in [6, 6.07) is 13.6. The van der Waals surface area contributed by atoms with Crippen molar-refractivity contribution in [3.8, 4) is 0 Å². The SMILES string of the molecule is O=C(c1ccoc1)N1CCN(c2ccc3ccccc3n2)C[C@H](O)C1. The van der Waals surface area contributed by atoms with Crippen molar-refractivity contribution in [1.29, 1.82) is 0 Å². The van der Waals surface area contributed by atoms with E-state index in [1.165, 1.54) is 12.5 Å². The van der Waals surface area contributed by atoms with Gasteiger partial charge in [0.1, 0.15) is 12.1 Å². The molecule has 0 unspecified atom stereocenters. The van der Waals surface area contributed by atoms with E-state index in [1.807, 2.05) is 41.3 Å². The number of carbonyl (C=O) groups excluding carboxylic acids is 1. The van der Waals surface area contributed by atoms with Gasteiger partial charge >= 0.3 is 0 Å². The van der Waals surface area contributed by atoms with Crippen molar-refractivity contribution in [2.45, 2.75) is 6.10 Å². The fourth-order valence-corrected chi connectivity index (χ4v) is 3.18. The van der Waals surface area contributed by atoms with Crippen LogP contribution in [0.4, 0.5) is 5.82 Å². The number of hydrogen-bond donors (Lipinski definition) is 1. The fraction of sp³-hybridized carbons (Fsp3) is 0.263. The summed E-state index contributed by atoms with van der Waals surface area (Å²) in [6.45, 7) is 1.89. The van der Waals surface area contributed by atoms with Crippen LogP contribution < -0.4 is 4.90 Å². The lowest BCUT2D eigenvalue weighted by atomic mass is 10.2. The van der Waals surface area contributed by atoms with Gasteiger partial charge in [-0.2, -0.15) is 0 Å². The zero-order valence-corrected chi connectivity index (χ0v) is 13.7. The topological polar surface area (TPSA) is 69.8 Å². The Kier molecular flexibility index (Phi) is 4.11. The molecule has 6 heteroatoms. The number of furan rings is 1. The molecule has 1 N–H and O–H groups in total. The van der Waals surface area contributed by atoms with Crippen LogP contribution in [-0.2, 0) is 0 Å². The van der Waals surface area contributed by atoms with Crippen molar-refractivity contribution < 1.29 is 14.3 Å². The van der Waals surface area contributed by atoms with Crippen molar-refractivity contribution in [1.82, 2.24) is 9.88 Å². The molecule has 1 saturated heterocycles. The maximum atomic E-state index is 12.5. The predicted octanol–water partition coefficient (Wildman–Crippen LogP) is 2.15. The van der Waals surface area contributed by atoms with Gasteiger partial charge in [0.05, 0.1) is 23.4 Å². The number of pyridine rings is 1. The van der Waals surface area contributed by atoms with Crippen LogP contribution >= 0.6 is 0 Å². The van der Waals surface area contributed by atoms with Gasteiger partial charge in [0.15, 0.2) is 0 Å². The Morgan fingerprint density at radius 2 is 2.00 bits per heavy atom. The summed E-state index contributed by atoms with van der Waals surface area (Å²) in [6.07, 6.45) is 2.28. The van der Waals surface area contributed by atoms with Crippen LogP contribution in [-0.4, -0.2) is 53.2 Å². The highest BCUT2D eigenvalue weighted by Crippen LogP contribution is 2.20. The minimum Gasteiger partial charge on any atom is -0.472 e. The van der Waals surface area contributed by atoms with Crippen LogP contribution in [0.25, 0.3) is 10.9 Å². The molecule has 128 valence electrons. The highest BCUT2D eigenvalue weighted by molar-refractivity contribution is 5.94. The number of aromatic nitrogens is 1. The van der Waals surface area contributed by atoms with E-state index in [2.05, 4.69) is 0 Å². The highest BCUT2D eigenvalue weighted by Gasteiger charge is 2.26. The number of fused-ring (bicyclic) bond motifs is 1. The van der Waals surface area contributed by atoms with E-state index < -0.39 is 6.10 Å². The Bertz CT molecular complexity index is 879. The third-order valence-electron chi connectivity index (χ3n) is 4.47. The van der Waals surface area contributed by atoms with Crippen molar-refractivity contribution in [3.05, 3.63) is 60.6 Å². The van der Waals surface area contributed by atoms with Gasteiger partial charge in [0.25, 0.3) is 5.91 Å². The molecule has 1 aliphatic rings. The molecule has 0 radical (unpaired) electrons. The molecule has 1 fully saturated rings. The maximum absolute atomic E-state index is 12.5. The van der Waals surface area contributed by atoms with Crippen LogP contribution in [0.3, 0.4) is 0 Å². The number of para-hydroxylation sites is 1. The quantitative estimate of drug-likeness (QED) is 0.776. The molecule has 1 aromatic carbocycles. The van der Waals surface area contributed by atoms with Gasteiger partial charge in [-0.05, 0) is 24.3 Å². The number of carbonyl (C=O) groups is 1. The summed E-state index contributed by atoms with van der Waals surface area (Å²) in [5, 5.41) is 11.4. The van der Waals surface area contributed by atoms with E-state index in [1.54, 1.807) is 11.0 Å². The molecule has 3 aromatic rings. The molecule has 1 amide bonds. The van der Waals surface area contributed by atoms with Crippen molar-refractivity contribution >= 4 is 22.6 Å². The number of anilines is 1. The van der Waals surface area contributed by atoms with E-state index in [4.69, 9.17) is 9.40 Å². The molecular formula is C19H19N3O3. The second-order valence-corrected chi connectivity index (χ2v) is 6.23. The summed E-state index contributed by atoms with van der Waals surface area (Å²) in [5.74, 6) is 0.691. The third kappa shape index (κ3) is 3.21. The minimum absolute atomic E-state index is 0.124. The van der Waals surface area contributed by atoms with Crippen molar-refractivity contribution in [2.24, 2.45) is 0 Å². The number of nitrogens with zero attached hydrogens (tertiary/aromatic N) is 3. The largest absolute Gasteiger partial charge is 0.472 e. The molecule has 6 nitrogen and oxygen atoms in total. The molecule has 25 heavy (non-hydrogen) atoms. The first-order valence-corrected chi connectivity index (χ1v) is 8.31. The van der Waals surface area contributed by atoms with Gasteiger partial charge in [-0.25, -0.2) is 4.98 Å². The normalized spacial score (nSPS) is 18.4. The molecular weight excluding hydrogens is 318 g/mol. The van der Waals surface area contributed by atoms with Gasteiger partial charge in [0, 0.05) is 31.6 Å². The summed E-state index contributed by atoms with van der Waals surface area (Å²) in [4.78, 5) is 20.9. The molecule has 0 saturated carbocycles. The standard InChI is InChI=1S/C19H19N3O3/c23-16-11-21(18-6-5-14-3-1-2-4-17(14)20-18)8-9-22(12-16)19(24)15-7-10-25-13-15/h1-7,10,13,16,23H,8-9,11-12H2/t16-/m0/s1. The van der Waals surface area contributed by atoms with Gasteiger partial charge in [-0.1, -0.05) is 18.2 Å². The average Bonchev–Trinajstić information content (AvgIpc) is 3.10.